The van der Waals surface area contributed by atoms with Crippen molar-refractivity contribution in [2.45, 2.75) is 50.9 Å². The summed E-state index contributed by atoms with van der Waals surface area (Å²) in [5.74, 6) is -0.249. The first kappa shape index (κ1) is 18.7. The van der Waals surface area contributed by atoms with E-state index in [9.17, 15) is 18.7 Å². The number of hydrogen-bond donors (Lipinski definition) is 3. The van der Waals surface area contributed by atoms with Gasteiger partial charge in [0.05, 0.1) is 12.1 Å². The van der Waals surface area contributed by atoms with Gasteiger partial charge in [-0.25, -0.2) is 13.6 Å². The Morgan fingerprint density at radius 2 is 1.93 bits per heavy atom. The first-order valence-electron chi connectivity index (χ1n) is 9.26. The van der Waals surface area contributed by atoms with Gasteiger partial charge < -0.3 is 20.5 Å². The van der Waals surface area contributed by atoms with E-state index >= 15 is 0 Å². The maximum absolute atomic E-state index is 14.0. The van der Waals surface area contributed by atoms with Crippen LogP contribution in [0.1, 0.15) is 43.0 Å². The minimum absolute atomic E-state index is 0.235. The SMILES string of the molecule is CC1(C)C[C@@H](NC(=O)Nc2ccc(F)c3c2C[C@H](O)C3)c2cc(F)ccc2O1. The monoisotopic (exact) mass is 388 g/mol. The number of carbonyl (C=O) groups is 1. The molecule has 0 bridgehead atoms. The highest BCUT2D eigenvalue weighted by atomic mass is 19.1. The van der Waals surface area contributed by atoms with Crippen LogP contribution in [-0.4, -0.2) is 22.8 Å². The summed E-state index contributed by atoms with van der Waals surface area (Å²) in [6, 6.07) is 6.11. The molecule has 5 nitrogen and oxygen atoms in total. The van der Waals surface area contributed by atoms with E-state index in [1.165, 1.54) is 24.3 Å². The van der Waals surface area contributed by atoms with Crippen molar-refractivity contribution in [3.63, 3.8) is 0 Å². The number of rotatable bonds is 2. The molecule has 28 heavy (non-hydrogen) atoms. The highest BCUT2D eigenvalue weighted by molar-refractivity contribution is 5.91. The number of nitrogens with one attached hydrogen (secondary N) is 2. The maximum Gasteiger partial charge on any atom is 0.319 e. The molecule has 148 valence electrons. The molecule has 1 heterocycles. The van der Waals surface area contributed by atoms with Gasteiger partial charge in [0.15, 0.2) is 0 Å². The molecule has 2 aliphatic rings. The summed E-state index contributed by atoms with van der Waals surface area (Å²) in [5.41, 5.74) is 1.57. The second-order valence-electron chi connectivity index (χ2n) is 8.01. The number of amides is 2. The molecule has 2 aromatic carbocycles. The number of hydrogen-bond acceptors (Lipinski definition) is 3. The van der Waals surface area contributed by atoms with Gasteiger partial charge >= 0.3 is 6.03 Å². The fourth-order valence-electron chi connectivity index (χ4n) is 4.05. The molecule has 0 fully saturated rings. The number of anilines is 1. The lowest BCUT2D eigenvalue weighted by molar-refractivity contribution is 0.0680. The number of fused-ring (bicyclic) bond motifs is 2. The molecule has 7 heteroatoms. The van der Waals surface area contributed by atoms with Gasteiger partial charge in [-0.15, -0.1) is 0 Å². The molecule has 0 spiro atoms. The predicted octanol–water partition coefficient (Wildman–Crippen LogP) is 3.85. The van der Waals surface area contributed by atoms with Crippen LogP contribution < -0.4 is 15.4 Å². The van der Waals surface area contributed by atoms with E-state index in [1.54, 1.807) is 6.07 Å². The Labute approximate surface area is 161 Å². The third-order valence-corrected chi connectivity index (χ3v) is 5.24. The molecule has 0 radical (unpaired) electrons. The summed E-state index contributed by atoms with van der Waals surface area (Å²) in [6.07, 6.45) is 0.346. The molecule has 2 amide bonds. The number of aliphatic hydroxyl groups is 1. The maximum atomic E-state index is 14.0. The number of aliphatic hydroxyl groups excluding tert-OH is 1. The molecular weight excluding hydrogens is 366 g/mol. The Kier molecular flexibility index (Phi) is 4.50. The molecule has 1 aliphatic heterocycles. The number of benzene rings is 2. The molecule has 2 atom stereocenters. The fraction of sp³-hybridized carbons (Fsp3) is 0.381. The second-order valence-corrected chi connectivity index (χ2v) is 8.01. The van der Waals surface area contributed by atoms with Crippen LogP contribution in [0.2, 0.25) is 0 Å². The van der Waals surface area contributed by atoms with Gasteiger partial charge in [-0.2, -0.15) is 0 Å². The van der Waals surface area contributed by atoms with Crippen LogP contribution in [0.4, 0.5) is 19.3 Å². The summed E-state index contributed by atoms with van der Waals surface area (Å²) in [4.78, 5) is 12.6. The Hall–Kier alpha value is -2.67. The zero-order chi connectivity index (χ0) is 20.1. The molecule has 3 N–H and O–H groups in total. The fourth-order valence-corrected chi connectivity index (χ4v) is 4.05. The average molecular weight is 388 g/mol. The van der Waals surface area contributed by atoms with E-state index in [1.807, 2.05) is 13.8 Å². The van der Waals surface area contributed by atoms with Crippen molar-refractivity contribution in [3.8, 4) is 5.75 Å². The van der Waals surface area contributed by atoms with E-state index in [2.05, 4.69) is 10.6 Å². The van der Waals surface area contributed by atoms with Gasteiger partial charge in [0.2, 0.25) is 0 Å². The summed E-state index contributed by atoms with van der Waals surface area (Å²) < 4.78 is 33.6. The van der Waals surface area contributed by atoms with Crippen LogP contribution >= 0.6 is 0 Å². The molecule has 1 aliphatic carbocycles. The Morgan fingerprint density at radius 1 is 1.18 bits per heavy atom. The lowest BCUT2D eigenvalue weighted by Crippen LogP contribution is -2.42. The van der Waals surface area contributed by atoms with Gasteiger partial charge in [0, 0.05) is 30.5 Å². The van der Waals surface area contributed by atoms with Crippen molar-refractivity contribution in [2.24, 2.45) is 0 Å². The van der Waals surface area contributed by atoms with Crippen LogP contribution in [0, 0.1) is 11.6 Å². The van der Waals surface area contributed by atoms with Crippen LogP contribution in [0.5, 0.6) is 5.75 Å². The Balaban J connectivity index is 1.55. The normalized spacial score (nSPS) is 22.0. The number of halogens is 2. The van der Waals surface area contributed by atoms with Gasteiger partial charge in [0.1, 0.15) is 23.0 Å². The average Bonchev–Trinajstić information content (AvgIpc) is 3.00. The highest BCUT2D eigenvalue weighted by Gasteiger charge is 2.35. The van der Waals surface area contributed by atoms with Crippen molar-refractivity contribution >= 4 is 11.7 Å². The minimum atomic E-state index is -0.651. The second kappa shape index (κ2) is 6.74. The van der Waals surface area contributed by atoms with E-state index in [0.29, 0.717) is 41.0 Å². The largest absolute Gasteiger partial charge is 0.487 e. The molecule has 0 aromatic heterocycles. The molecule has 0 unspecified atom stereocenters. The quantitative estimate of drug-likeness (QED) is 0.732. The van der Waals surface area contributed by atoms with Crippen LogP contribution in [0.3, 0.4) is 0 Å². The van der Waals surface area contributed by atoms with E-state index in [0.717, 1.165) is 0 Å². The molecule has 0 saturated carbocycles. The Bertz CT molecular complexity index is 945. The molecule has 4 rings (SSSR count). The van der Waals surface area contributed by atoms with Crippen LogP contribution in [0.15, 0.2) is 30.3 Å². The topological polar surface area (TPSA) is 70.6 Å². The number of carbonyl (C=O) groups excluding carboxylic acids is 1. The standard InChI is InChI=1S/C21H22F2N2O3/c1-21(2)10-18(15-7-11(22)3-6-19(15)28-21)25-20(27)24-17-5-4-16(23)13-8-12(26)9-14(13)17/h3-7,12,18,26H,8-10H2,1-2H3,(H2,24,25,27)/t12-,18-/m1/s1. The molecule has 0 saturated heterocycles. The summed E-state index contributed by atoms with van der Waals surface area (Å²) in [6.45, 7) is 3.81. The minimum Gasteiger partial charge on any atom is -0.487 e. The molecule has 2 aromatic rings. The predicted molar refractivity (Wildman–Crippen MR) is 100 cm³/mol. The first-order chi connectivity index (χ1) is 13.2. The van der Waals surface area contributed by atoms with Gasteiger partial charge in [-0.1, -0.05) is 0 Å². The van der Waals surface area contributed by atoms with E-state index in [4.69, 9.17) is 4.74 Å². The van der Waals surface area contributed by atoms with Gasteiger partial charge in [0.25, 0.3) is 0 Å². The van der Waals surface area contributed by atoms with Crippen molar-refractivity contribution in [3.05, 3.63) is 58.7 Å². The Morgan fingerprint density at radius 3 is 2.71 bits per heavy atom. The van der Waals surface area contributed by atoms with E-state index in [-0.39, 0.29) is 12.2 Å². The smallest absolute Gasteiger partial charge is 0.319 e. The van der Waals surface area contributed by atoms with E-state index < -0.39 is 29.6 Å². The van der Waals surface area contributed by atoms with Crippen molar-refractivity contribution in [1.82, 2.24) is 5.32 Å². The summed E-state index contributed by atoms with van der Waals surface area (Å²) >= 11 is 0. The summed E-state index contributed by atoms with van der Waals surface area (Å²) in [7, 11) is 0. The van der Waals surface area contributed by atoms with Crippen molar-refractivity contribution < 1.29 is 23.4 Å². The lowest BCUT2D eigenvalue weighted by Gasteiger charge is -2.37. The van der Waals surface area contributed by atoms with Crippen LogP contribution in [0.25, 0.3) is 0 Å². The van der Waals surface area contributed by atoms with Gasteiger partial charge in [-0.05, 0) is 55.3 Å². The first-order valence-corrected chi connectivity index (χ1v) is 9.26. The van der Waals surface area contributed by atoms with Crippen molar-refractivity contribution in [2.75, 3.05) is 5.32 Å². The third-order valence-electron chi connectivity index (χ3n) is 5.24. The highest BCUT2D eigenvalue weighted by Crippen LogP contribution is 2.40. The number of urea groups is 1. The van der Waals surface area contributed by atoms with Crippen molar-refractivity contribution in [1.29, 1.82) is 0 Å². The molecular formula is C21H22F2N2O3. The van der Waals surface area contributed by atoms with Gasteiger partial charge in [-0.3, -0.25) is 0 Å². The third kappa shape index (κ3) is 3.54. The number of ether oxygens (including phenoxy) is 1. The summed E-state index contributed by atoms with van der Waals surface area (Å²) in [5, 5.41) is 15.5. The zero-order valence-corrected chi connectivity index (χ0v) is 15.7. The zero-order valence-electron chi connectivity index (χ0n) is 15.7. The lowest BCUT2D eigenvalue weighted by atomic mass is 9.89. The van der Waals surface area contributed by atoms with Crippen LogP contribution in [-0.2, 0) is 12.8 Å².